The van der Waals surface area contributed by atoms with E-state index in [1.165, 1.54) is 0 Å². The van der Waals surface area contributed by atoms with Gasteiger partial charge in [0, 0.05) is 10.8 Å². The van der Waals surface area contributed by atoms with E-state index in [0.29, 0.717) is 18.6 Å². The van der Waals surface area contributed by atoms with Crippen molar-refractivity contribution in [2.75, 3.05) is 0 Å². The zero-order chi connectivity index (χ0) is 18.0. The van der Waals surface area contributed by atoms with E-state index in [1.807, 2.05) is 44.2 Å². The molecule has 128 valence electrons. The van der Waals surface area contributed by atoms with E-state index in [0.717, 1.165) is 10.8 Å². The van der Waals surface area contributed by atoms with Crippen molar-refractivity contribution in [1.29, 1.82) is 0 Å². The molecule has 0 N–H and O–H groups in total. The van der Waals surface area contributed by atoms with Crippen LogP contribution >= 0.6 is 0 Å². The largest absolute Gasteiger partial charge is 0.426 e. The van der Waals surface area contributed by atoms with E-state index in [2.05, 4.69) is 0 Å². The number of hydrogen-bond acceptors (Lipinski definition) is 4. The fourth-order valence-corrected chi connectivity index (χ4v) is 4.65. The normalized spacial score (nSPS) is 30.0. The summed E-state index contributed by atoms with van der Waals surface area (Å²) < 4.78 is 5.61. The maximum Gasteiger partial charge on any atom is 0.326 e. The summed E-state index contributed by atoms with van der Waals surface area (Å²) >= 11 is 0. The molecule has 2 atom stereocenters. The van der Waals surface area contributed by atoms with Gasteiger partial charge in [-0.15, -0.1) is 0 Å². The highest BCUT2D eigenvalue weighted by atomic mass is 16.5. The molecule has 2 aromatic rings. The minimum atomic E-state index is -1.37. The number of Topliss-reactive ketones (excluding diaryl/α,β-unsaturated/α-hetero) is 2. The molecule has 2 aliphatic rings. The van der Waals surface area contributed by atoms with Crippen LogP contribution in [0.3, 0.4) is 0 Å². The molecule has 0 aliphatic heterocycles. The van der Waals surface area contributed by atoms with Crippen LogP contribution in [-0.4, -0.2) is 17.5 Å². The number of carbonyl (C=O) groups is 3. The van der Waals surface area contributed by atoms with Gasteiger partial charge in [-0.25, -0.2) is 0 Å². The Hall–Kier alpha value is -2.49. The molecule has 0 heterocycles. The Morgan fingerprint density at radius 1 is 0.920 bits per heavy atom. The Balaban J connectivity index is 1.73. The second kappa shape index (κ2) is 4.78. The molecule has 25 heavy (non-hydrogen) atoms. The third-order valence-electron chi connectivity index (χ3n) is 6.82. The minimum Gasteiger partial charge on any atom is -0.426 e. The van der Waals surface area contributed by atoms with E-state index in [1.54, 1.807) is 19.1 Å². The number of fused-ring (bicyclic) bond motifs is 3. The first kappa shape index (κ1) is 16.0. The summed E-state index contributed by atoms with van der Waals surface area (Å²) in [5.74, 6) is -1.22. The molecule has 2 aliphatic carbocycles. The number of carbonyl (C=O) groups excluding carboxylic acids is 3. The number of ketones is 2. The van der Waals surface area contributed by atoms with Crippen molar-refractivity contribution >= 4 is 28.3 Å². The lowest BCUT2D eigenvalue weighted by Crippen LogP contribution is -2.47. The lowest BCUT2D eigenvalue weighted by molar-refractivity contribution is -0.157. The third-order valence-corrected chi connectivity index (χ3v) is 6.82. The SMILES string of the molecule is CC1(C)[C@@]2(C(=O)Oc3ccc4ccccc4c3)CC[C@]1(C)C(=O)C2=O. The summed E-state index contributed by atoms with van der Waals surface area (Å²) in [7, 11) is 0. The summed E-state index contributed by atoms with van der Waals surface area (Å²) in [6, 6.07) is 13.2. The van der Waals surface area contributed by atoms with Gasteiger partial charge >= 0.3 is 5.97 Å². The van der Waals surface area contributed by atoms with Gasteiger partial charge in [0.15, 0.2) is 0 Å². The fourth-order valence-electron chi connectivity index (χ4n) is 4.65. The van der Waals surface area contributed by atoms with Gasteiger partial charge in [0.25, 0.3) is 0 Å². The van der Waals surface area contributed by atoms with Crippen molar-refractivity contribution in [2.45, 2.75) is 33.6 Å². The summed E-state index contributed by atoms with van der Waals surface area (Å²) in [4.78, 5) is 38.2. The summed E-state index contributed by atoms with van der Waals surface area (Å²) in [5.41, 5.74) is -2.90. The predicted octanol–water partition coefficient (Wildman–Crippen LogP) is 3.71. The highest BCUT2D eigenvalue weighted by molar-refractivity contribution is 6.48. The van der Waals surface area contributed by atoms with E-state index in [4.69, 9.17) is 4.74 Å². The van der Waals surface area contributed by atoms with Gasteiger partial charge in [-0.2, -0.15) is 0 Å². The lowest BCUT2D eigenvalue weighted by atomic mass is 9.65. The molecule has 0 spiro atoms. The standard InChI is InChI=1S/C21H20O4/c1-19(2)20(3)10-11-21(19,17(23)16(20)22)18(24)25-15-9-8-13-6-4-5-7-14(13)12-15/h4-9,12H,10-11H2,1-3H3/t20-,21+/m1/s1. The van der Waals surface area contributed by atoms with Crippen LogP contribution < -0.4 is 4.74 Å². The van der Waals surface area contributed by atoms with Crippen LogP contribution in [0.5, 0.6) is 5.75 Å². The molecular formula is C21H20O4. The molecule has 0 saturated heterocycles. The first-order chi connectivity index (χ1) is 11.7. The first-order valence-corrected chi connectivity index (χ1v) is 8.54. The zero-order valence-electron chi connectivity index (χ0n) is 14.6. The number of rotatable bonds is 2. The first-order valence-electron chi connectivity index (χ1n) is 8.54. The number of ether oxygens (including phenoxy) is 1. The Labute approximate surface area is 146 Å². The molecule has 2 fully saturated rings. The van der Waals surface area contributed by atoms with Gasteiger partial charge in [0.2, 0.25) is 11.6 Å². The van der Waals surface area contributed by atoms with Crippen LogP contribution in [0, 0.1) is 16.2 Å². The van der Waals surface area contributed by atoms with Crippen molar-refractivity contribution < 1.29 is 19.1 Å². The highest BCUT2D eigenvalue weighted by Crippen LogP contribution is 2.69. The molecule has 4 nitrogen and oxygen atoms in total. The number of benzene rings is 2. The van der Waals surface area contributed by atoms with E-state index in [9.17, 15) is 14.4 Å². The number of hydrogen-bond donors (Lipinski definition) is 0. The average molecular weight is 336 g/mol. The van der Waals surface area contributed by atoms with Gasteiger partial charge in [-0.05, 0) is 35.7 Å². The molecule has 0 unspecified atom stereocenters. The van der Waals surface area contributed by atoms with Crippen LogP contribution in [0.4, 0.5) is 0 Å². The summed E-state index contributed by atoms with van der Waals surface area (Å²) in [5, 5.41) is 2.00. The Bertz CT molecular complexity index is 942. The zero-order valence-corrected chi connectivity index (χ0v) is 14.6. The maximum atomic E-state index is 13.0. The van der Waals surface area contributed by atoms with Crippen LogP contribution in [0.25, 0.3) is 10.8 Å². The summed E-state index contributed by atoms with van der Waals surface area (Å²) in [6.45, 7) is 5.47. The fraction of sp³-hybridized carbons (Fsp3) is 0.381. The van der Waals surface area contributed by atoms with Gasteiger partial charge in [-0.1, -0.05) is 51.1 Å². The van der Waals surface area contributed by atoms with Crippen molar-refractivity contribution in [3.63, 3.8) is 0 Å². The quantitative estimate of drug-likeness (QED) is 0.363. The number of esters is 1. The van der Waals surface area contributed by atoms with Gasteiger partial charge in [0.1, 0.15) is 11.2 Å². The molecule has 4 heteroatoms. The predicted molar refractivity (Wildman–Crippen MR) is 93.2 cm³/mol. The van der Waals surface area contributed by atoms with Crippen LogP contribution in [0.1, 0.15) is 33.6 Å². The molecule has 2 bridgehead atoms. The van der Waals surface area contributed by atoms with E-state index < -0.39 is 33.8 Å². The lowest BCUT2D eigenvalue weighted by Gasteiger charge is -2.36. The van der Waals surface area contributed by atoms with Crippen LogP contribution in [-0.2, 0) is 14.4 Å². The van der Waals surface area contributed by atoms with Gasteiger partial charge in [-0.3, -0.25) is 14.4 Å². The Morgan fingerprint density at radius 2 is 1.60 bits per heavy atom. The monoisotopic (exact) mass is 336 g/mol. The Morgan fingerprint density at radius 3 is 2.24 bits per heavy atom. The van der Waals surface area contributed by atoms with E-state index in [-0.39, 0.29) is 0 Å². The molecule has 2 saturated carbocycles. The maximum absolute atomic E-state index is 13.0. The average Bonchev–Trinajstić information content (AvgIpc) is 2.86. The van der Waals surface area contributed by atoms with Gasteiger partial charge in [0.05, 0.1) is 0 Å². The molecule has 0 amide bonds. The van der Waals surface area contributed by atoms with Crippen LogP contribution in [0.2, 0.25) is 0 Å². The molecular weight excluding hydrogens is 316 g/mol. The molecule has 0 radical (unpaired) electrons. The topological polar surface area (TPSA) is 60.4 Å². The third kappa shape index (κ3) is 1.74. The molecule has 4 rings (SSSR count). The highest BCUT2D eigenvalue weighted by Gasteiger charge is 2.78. The molecule has 2 aromatic carbocycles. The minimum absolute atomic E-state index is 0.369. The van der Waals surface area contributed by atoms with Crippen molar-refractivity contribution in [1.82, 2.24) is 0 Å². The van der Waals surface area contributed by atoms with Crippen molar-refractivity contribution in [2.24, 2.45) is 16.2 Å². The van der Waals surface area contributed by atoms with Crippen molar-refractivity contribution in [3.05, 3.63) is 42.5 Å². The van der Waals surface area contributed by atoms with Crippen LogP contribution in [0.15, 0.2) is 42.5 Å². The second-order valence-electron chi connectivity index (χ2n) is 7.92. The summed E-state index contributed by atoms with van der Waals surface area (Å²) in [6.07, 6.45) is 0.908. The Kier molecular flexibility index (Phi) is 3.06. The van der Waals surface area contributed by atoms with E-state index >= 15 is 0 Å². The smallest absolute Gasteiger partial charge is 0.326 e. The van der Waals surface area contributed by atoms with Gasteiger partial charge < -0.3 is 4.74 Å². The van der Waals surface area contributed by atoms with Crippen molar-refractivity contribution in [3.8, 4) is 5.75 Å². The second-order valence-corrected chi connectivity index (χ2v) is 7.92. The molecule has 0 aromatic heterocycles.